The Balaban J connectivity index is 2.01. The lowest BCUT2D eigenvalue weighted by Gasteiger charge is -2.21. The number of allylic oxidation sites excluding steroid dienone is 4. The van der Waals surface area contributed by atoms with Crippen molar-refractivity contribution >= 4 is 0 Å². The Morgan fingerprint density at radius 2 is 1.61 bits per heavy atom. The molecule has 0 spiro atoms. The van der Waals surface area contributed by atoms with Crippen molar-refractivity contribution in [3.63, 3.8) is 0 Å². The van der Waals surface area contributed by atoms with E-state index in [2.05, 4.69) is 22.1 Å². The third-order valence-electron chi connectivity index (χ3n) is 3.40. The molecule has 3 heteroatoms. The zero-order valence-corrected chi connectivity index (χ0v) is 10.1. The van der Waals surface area contributed by atoms with Crippen molar-refractivity contribution in [3.05, 3.63) is 71.5 Å². The van der Waals surface area contributed by atoms with Gasteiger partial charge in [-0.15, -0.1) is 0 Å². The molecule has 2 aromatic rings. The molecule has 0 radical (unpaired) electrons. The molecule has 18 heavy (non-hydrogen) atoms. The van der Waals surface area contributed by atoms with Crippen LogP contribution in [0.3, 0.4) is 0 Å². The number of aliphatic hydroxyl groups excluding tert-OH is 1. The Kier molecular flexibility index (Phi) is 2.81. The topological polar surface area (TPSA) is 51.8 Å². The van der Waals surface area contributed by atoms with Crippen molar-refractivity contribution in [2.45, 2.75) is 18.8 Å². The summed E-state index contributed by atoms with van der Waals surface area (Å²) in [6.07, 6.45) is 9.35. The second kappa shape index (κ2) is 4.61. The van der Waals surface area contributed by atoms with Gasteiger partial charge in [-0.2, -0.15) is 0 Å². The van der Waals surface area contributed by atoms with E-state index in [0.29, 0.717) is 5.76 Å². The summed E-state index contributed by atoms with van der Waals surface area (Å²) in [6.45, 7) is 0. The molecule has 2 heterocycles. The lowest BCUT2D eigenvalue weighted by molar-refractivity contribution is 0.384. The molecule has 1 aliphatic rings. The highest BCUT2D eigenvalue weighted by atomic mass is 16.3. The maximum atomic E-state index is 9.47. The summed E-state index contributed by atoms with van der Waals surface area (Å²) in [6, 6.07) is 8.24. The summed E-state index contributed by atoms with van der Waals surface area (Å²) in [5.74, 6) is 0.690. The zero-order chi connectivity index (χ0) is 12.4. The average Bonchev–Trinajstić information content (AvgIpc) is 3.06. The van der Waals surface area contributed by atoms with Gasteiger partial charge in [0.2, 0.25) is 0 Å². The van der Waals surface area contributed by atoms with Gasteiger partial charge in [0.05, 0.1) is 11.7 Å². The van der Waals surface area contributed by atoms with Crippen LogP contribution in [0.5, 0.6) is 0 Å². The summed E-state index contributed by atoms with van der Waals surface area (Å²) in [7, 11) is 0. The third kappa shape index (κ3) is 1.99. The van der Waals surface area contributed by atoms with E-state index in [9.17, 15) is 5.11 Å². The molecule has 0 saturated heterocycles. The van der Waals surface area contributed by atoms with Crippen LogP contribution in [0.4, 0.5) is 0 Å². The second-order valence-corrected chi connectivity index (χ2v) is 4.58. The van der Waals surface area contributed by atoms with Gasteiger partial charge < -0.3 is 15.1 Å². The van der Waals surface area contributed by atoms with Gasteiger partial charge in [0.1, 0.15) is 0 Å². The molecule has 0 amide bonds. The molecular formula is C15H16N2O. The van der Waals surface area contributed by atoms with Crippen LogP contribution in [0.15, 0.2) is 60.1 Å². The molecule has 0 saturated carbocycles. The minimum atomic E-state index is 0.222. The van der Waals surface area contributed by atoms with Crippen molar-refractivity contribution in [3.8, 4) is 0 Å². The molecule has 0 aromatic carbocycles. The smallest absolute Gasteiger partial charge is 0.0925 e. The quantitative estimate of drug-likeness (QED) is 0.753. The first-order valence-electron chi connectivity index (χ1n) is 6.20. The summed E-state index contributed by atoms with van der Waals surface area (Å²) < 4.78 is 0. The van der Waals surface area contributed by atoms with Crippen LogP contribution in [0.2, 0.25) is 0 Å². The van der Waals surface area contributed by atoms with Crippen LogP contribution < -0.4 is 0 Å². The van der Waals surface area contributed by atoms with E-state index in [1.54, 1.807) is 6.08 Å². The first kappa shape index (κ1) is 11.0. The van der Waals surface area contributed by atoms with Crippen LogP contribution in [0.1, 0.15) is 30.1 Å². The Labute approximate surface area is 106 Å². The van der Waals surface area contributed by atoms with Gasteiger partial charge in [-0.3, -0.25) is 0 Å². The van der Waals surface area contributed by atoms with Crippen molar-refractivity contribution in [2.75, 3.05) is 0 Å². The summed E-state index contributed by atoms with van der Waals surface area (Å²) in [5, 5.41) is 9.47. The van der Waals surface area contributed by atoms with Gasteiger partial charge in [0.25, 0.3) is 0 Å². The Morgan fingerprint density at radius 3 is 2.06 bits per heavy atom. The number of aromatic nitrogens is 2. The number of H-pyrrole nitrogens is 2. The normalized spacial score (nSPS) is 15.6. The molecule has 1 aliphatic carbocycles. The van der Waals surface area contributed by atoms with E-state index in [1.165, 1.54) is 17.0 Å². The number of aromatic amines is 2. The van der Waals surface area contributed by atoms with E-state index < -0.39 is 0 Å². The van der Waals surface area contributed by atoms with Gasteiger partial charge in [-0.05, 0) is 36.8 Å². The molecule has 2 aromatic heterocycles. The molecule has 3 rings (SSSR count). The average molecular weight is 240 g/mol. The summed E-state index contributed by atoms with van der Waals surface area (Å²) in [5.41, 5.74) is 3.68. The van der Waals surface area contributed by atoms with Crippen LogP contribution in [-0.2, 0) is 0 Å². The van der Waals surface area contributed by atoms with E-state index in [4.69, 9.17) is 0 Å². The van der Waals surface area contributed by atoms with Crippen LogP contribution >= 0.6 is 0 Å². The van der Waals surface area contributed by atoms with E-state index in [-0.39, 0.29) is 5.92 Å². The predicted octanol–water partition coefficient (Wildman–Crippen LogP) is 3.64. The number of nitrogens with one attached hydrogen (secondary N) is 2. The number of aliphatic hydroxyl groups is 1. The molecule has 0 fully saturated rings. The highest BCUT2D eigenvalue weighted by Gasteiger charge is 2.21. The predicted molar refractivity (Wildman–Crippen MR) is 71.5 cm³/mol. The highest BCUT2D eigenvalue weighted by molar-refractivity contribution is 5.38. The Hall–Kier alpha value is -2.16. The Morgan fingerprint density at radius 1 is 0.944 bits per heavy atom. The number of hydrogen-bond donors (Lipinski definition) is 3. The van der Waals surface area contributed by atoms with Crippen LogP contribution in [-0.4, -0.2) is 15.1 Å². The maximum absolute atomic E-state index is 9.47. The molecule has 3 N–H and O–H groups in total. The number of rotatable bonds is 3. The third-order valence-corrected chi connectivity index (χ3v) is 3.40. The fraction of sp³-hybridized carbons (Fsp3) is 0.200. The van der Waals surface area contributed by atoms with Crippen molar-refractivity contribution in [2.24, 2.45) is 0 Å². The summed E-state index contributed by atoms with van der Waals surface area (Å²) in [4.78, 5) is 6.58. The fourth-order valence-corrected chi connectivity index (χ4v) is 2.50. The Bertz CT molecular complexity index is 527. The molecule has 0 atom stereocenters. The zero-order valence-electron chi connectivity index (χ0n) is 10.1. The van der Waals surface area contributed by atoms with Crippen molar-refractivity contribution in [1.82, 2.24) is 9.97 Å². The number of hydrogen-bond acceptors (Lipinski definition) is 1. The molecule has 3 nitrogen and oxygen atoms in total. The van der Waals surface area contributed by atoms with Crippen molar-refractivity contribution in [1.29, 1.82) is 0 Å². The molecule has 92 valence electrons. The lowest BCUT2D eigenvalue weighted by atomic mass is 9.87. The van der Waals surface area contributed by atoms with Gasteiger partial charge in [-0.25, -0.2) is 0 Å². The fourth-order valence-electron chi connectivity index (χ4n) is 2.50. The van der Waals surface area contributed by atoms with E-state index in [0.717, 1.165) is 12.8 Å². The van der Waals surface area contributed by atoms with E-state index >= 15 is 0 Å². The summed E-state index contributed by atoms with van der Waals surface area (Å²) >= 11 is 0. The van der Waals surface area contributed by atoms with Gasteiger partial charge in [-0.1, -0.05) is 11.6 Å². The van der Waals surface area contributed by atoms with Gasteiger partial charge >= 0.3 is 0 Å². The minimum Gasteiger partial charge on any atom is -0.512 e. The first-order valence-corrected chi connectivity index (χ1v) is 6.20. The molecule has 0 bridgehead atoms. The van der Waals surface area contributed by atoms with Gasteiger partial charge in [0, 0.05) is 30.2 Å². The van der Waals surface area contributed by atoms with Crippen molar-refractivity contribution < 1.29 is 5.11 Å². The monoisotopic (exact) mass is 240 g/mol. The lowest BCUT2D eigenvalue weighted by Crippen LogP contribution is -2.08. The first-order chi connectivity index (χ1) is 8.84. The van der Waals surface area contributed by atoms with Crippen LogP contribution in [0, 0.1) is 0 Å². The van der Waals surface area contributed by atoms with Gasteiger partial charge in [0.15, 0.2) is 0 Å². The van der Waals surface area contributed by atoms with E-state index in [1.807, 2.05) is 30.6 Å². The highest BCUT2D eigenvalue weighted by Crippen LogP contribution is 2.34. The maximum Gasteiger partial charge on any atom is 0.0925 e. The molecular weight excluding hydrogens is 224 g/mol. The standard InChI is InChI=1S/C15H16N2O/c18-12-7-5-11(6-8-12)15(13-3-1-9-16-13)14-4-2-10-17-14/h1-5,7,9-10,15-18H,6,8H2. The molecule has 0 aliphatic heterocycles. The minimum absolute atomic E-state index is 0.222. The SMILES string of the molecule is OC1=CC=C(C(c2ccc[nH]2)c2ccc[nH]2)CC1. The second-order valence-electron chi connectivity index (χ2n) is 4.58. The largest absolute Gasteiger partial charge is 0.512 e. The van der Waals surface area contributed by atoms with Crippen LogP contribution in [0.25, 0.3) is 0 Å². The molecule has 0 unspecified atom stereocenters.